The van der Waals surface area contributed by atoms with E-state index in [1.807, 2.05) is 6.92 Å². The van der Waals surface area contributed by atoms with Crippen LogP contribution in [0.2, 0.25) is 0 Å². The topological polar surface area (TPSA) is 75.6 Å². The summed E-state index contributed by atoms with van der Waals surface area (Å²) in [7, 11) is 0. The van der Waals surface area contributed by atoms with Crippen molar-refractivity contribution in [2.75, 3.05) is 19.8 Å². The number of hydrogen-bond donors (Lipinski definition) is 2. The smallest absolute Gasteiger partial charge is 0.329 e. The lowest BCUT2D eigenvalue weighted by molar-refractivity contribution is -0.142. The Balaban J connectivity index is 2.15. The van der Waals surface area contributed by atoms with Crippen LogP contribution in [-0.2, 0) is 14.3 Å². The third kappa shape index (κ3) is 6.57. The molecular weight excluding hydrogens is 246 g/mol. The molecule has 0 saturated heterocycles. The van der Waals surface area contributed by atoms with Gasteiger partial charge in [-0.25, -0.2) is 4.79 Å². The molecule has 0 aromatic heterocycles. The van der Waals surface area contributed by atoms with Gasteiger partial charge in [-0.3, -0.25) is 4.79 Å². The summed E-state index contributed by atoms with van der Waals surface area (Å²) in [4.78, 5) is 22.2. The van der Waals surface area contributed by atoms with Gasteiger partial charge in [0, 0.05) is 12.5 Å². The van der Waals surface area contributed by atoms with Gasteiger partial charge in [-0.15, -0.1) is 0 Å². The van der Waals surface area contributed by atoms with Crippen molar-refractivity contribution in [1.29, 1.82) is 0 Å². The quantitative estimate of drug-likeness (QED) is 0.627. The second kappa shape index (κ2) is 8.91. The molecule has 0 aliphatic heterocycles. The van der Waals surface area contributed by atoms with E-state index in [2.05, 4.69) is 5.32 Å². The molecule has 1 atom stereocenters. The van der Waals surface area contributed by atoms with E-state index in [4.69, 9.17) is 9.84 Å². The molecule has 1 aliphatic carbocycles. The van der Waals surface area contributed by atoms with E-state index < -0.39 is 5.97 Å². The lowest BCUT2D eigenvalue weighted by Crippen LogP contribution is -2.34. The average molecular weight is 271 g/mol. The third-order valence-electron chi connectivity index (χ3n) is 3.73. The summed E-state index contributed by atoms with van der Waals surface area (Å²) in [6.45, 7) is 2.36. The van der Waals surface area contributed by atoms with Crippen LogP contribution in [0.15, 0.2) is 0 Å². The van der Waals surface area contributed by atoms with Crippen LogP contribution in [0, 0.1) is 11.8 Å². The van der Waals surface area contributed by atoms with E-state index in [0.717, 1.165) is 12.8 Å². The number of amides is 1. The summed E-state index contributed by atoms with van der Waals surface area (Å²) < 4.78 is 4.88. The summed E-state index contributed by atoms with van der Waals surface area (Å²) in [6.07, 6.45) is 6.95. The molecule has 1 aliphatic rings. The number of rotatable bonds is 9. The van der Waals surface area contributed by atoms with E-state index in [1.54, 1.807) is 0 Å². The largest absolute Gasteiger partial charge is 0.480 e. The van der Waals surface area contributed by atoms with Crippen LogP contribution in [-0.4, -0.2) is 36.7 Å². The molecule has 19 heavy (non-hydrogen) atoms. The first-order chi connectivity index (χ1) is 9.13. The first-order valence-electron chi connectivity index (χ1n) is 7.20. The highest BCUT2D eigenvalue weighted by Crippen LogP contribution is 2.31. The Kier molecular flexibility index (Phi) is 7.48. The second-order valence-corrected chi connectivity index (χ2v) is 5.23. The zero-order valence-corrected chi connectivity index (χ0v) is 11.7. The van der Waals surface area contributed by atoms with Gasteiger partial charge in [0.15, 0.2) is 0 Å². The lowest BCUT2D eigenvalue weighted by Gasteiger charge is -2.18. The van der Waals surface area contributed by atoms with Crippen LogP contribution in [0.4, 0.5) is 0 Å². The molecule has 0 spiro atoms. The maximum Gasteiger partial charge on any atom is 0.329 e. The number of carbonyl (C=O) groups excluding carboxylic acids is 1. The molecule has 0 heterocycles. The number of carboxylic acids is 1. The summed E-state index contributed by atoms with van der Waals surface area (Å²) in [5.74, 6) is -0.117. The minimum absolute atomic E-state index is 0.0772. The predicted octanol–water partition coefficient (Wildman–Crippen LogP) is 1.81. The van der Waals surface area contributed by atoms with Crippen molar-refractivity contribution in [2.24, 2.45) is 11.8 Å². The first-order valence-corrected chi connectivity index (χ1v) is 7.20. The standard InChI is InChI=1S/C14H25NO4/c1-2-12(9-11-5-3-4-6-11)14(18)15-7-8-19-10-13(16)17/h11-12H,2-10H2,1H3,(H,15,18)(H,16,17). The number of aliphatic carboxylic acids is 1. The Bertz CT molecular complexity index is 287. The maximum atomic E-state index is 12.0. The van der Waals surface area contributed by atoms with Crippen LogP contribution in [0.5, 0.6) is 0 Å². The molecule has 0 bridgehead atoms. The Morgan fingerprint density at radius 1 is 1.37 bits per heavy atom. The third-order valence-corrected chi connectivity index (χ3v) is 3.73. The number of carbonyl (C=O) groups is 2. The molecule has 110 valence electrons. The van der Waals surface area contributed by atoms with Gasteiger partial charge >= 0.3 is 5.97 Å². The van der Waals surface area contributed by atoms with Crippen molar-refractivity contribution in [3.8, 4) is 0 Å². The van der Waals surface area contributed by atoms with Gasteiger partial charge in [-0.2, -0.15) is 0 Å². The van der Waals surface area contributed by atoms with Crippen LogP contribution in [0.3, 0.4) is 0 Å². The highest BCUT2D eigenvalue weighted by molar-refractivity contribution is 5.78. The van der Waals surface area contributed by atoms with Gasteiger partial charge < -0.3 is 15.2 Å². The zero-order valence-electron chi connectivity index (χ0n) is 11.7. The summed E-state index contributed by atoms with van der Waals surface area (Å²) in [6, 6.07) is 0. The monoisotopic (exact) mass is 271 g/mol. The molecule has 1 rings (SSSR count). The van der Waals surface area contributed by atoms with Gasteiger partial charge in [0.2, 0.25) is 5.91 Å². The molecule has 1 fully saturated rings. The molecule has 1 amide bonds. The van der Waals surface area contributed by atoms with Gasteiger partial charge in [0.1, 0.15) is 6.61 Å². The maximum absolute atomic E-state index is 12.0. The van der Waals surface area contributed by atoms with E-state index in [0.29, 0.717) is 12.5 Å². The zero-order chi connectivity index (χ0) is 14.1. The lowest BCUT2D eigenvalue weighted by atomic mass is 9.91. The normalized spacial score (nSPS) is 17.3. The minimum Gasteiger partial charge on any atom is -0.480 e. The fourth-order valence-electron chi connectivity index (χ4n) is 2.66. The van der Waals surface area contributed by atoms with Crippen molar-refractivity contribution < 1.29 is 19.4 Å². The number of nitrogens with one attached hydrogen (secondary N) is 1. The minimum atomic E-state index is -0.987. The van der Waals surface area contributed by atoms with Gasteiger partial charge in [-0.1, -0.05) is 32.6 Å². The van der Waals surface area contributed by atoms with Crippen molar-refractivity contribution in [3.05, 3.63) is 0 Å². The van der Waals surface area contributed by atoms with Gasteiger partial charge in [0.05, 0.1) is 6.61 Å². The first kappa shape index (κ1) is 16.0. The highest BCUT2D eigenvalue weighted by Gasteiger charge is 2.23. The van der Waals surface area contributed by atoms with Gasteiger partial charge in [0.25, 0.3) is 0 Å². The Labute approximate surface area is 114 Å². The summed E-state index contributed by atoms with van der Waals surface area (Å²) >= 11 is 0. The van der Waals surface area contributed by atoms with Crippen molar-refractivity contribution in [1.82, 2.24) is 5.32 Å². The van der Waals surface area contributed by atoms with Gasteiger partial charge in [-0.05, 0) is 18.8 Å². The Morgan fingerprint density at radius 2 is 2.05 bits per heavy atom. The second-order valence-electron chi connectivity index (χ2n) is 5.23. The fourth-order valence-corrected chi connectivity index (χ4v) is 2.66. The molecular formula is C14H25NO4. The Morgan fingerprint density at radius 3 is 2.63 bits per heavy atom. The molecule has 5 heteroatoms. The fraction of sp³-hybridized carbons (Fsp3) is 0.857. The highest BCUT2D eigenvalue weighted by atomic mass is 16.5. The molecule has 0 aromatic carbocycles. The van der Waals surface area contributed by atoms with Crippen LogP contribution < -0.4 is 5.32 Å². The molecule has 0 aromatic rings. The summed E-state index contributed by atoms with van der Waals surface area (Å²) in [5.41, 5.74) is 0. The molecule has 1 saturated carbocycles. The van der Waals surface area contributed by atoms with Crippen molar-refractivity contribution in [2.45, 2.75) is 45.4 Å². The van der Waals surface area contributed by atoms with E-state index in [1.165, 1.54) is 25.7 Å². The van der Waals surface area contributed by atoms with E-state index >= 15 is 0 Å². The van der Waals surface area contributed by atoms with Crippen LogP contribution in [0.25, 0.3) is 0 Å². The number of hydrogen-bond acceptors (Lipinski definition) is 3. The Hall–Kier alpha value is -1.10. The molecule has 1 unspecified atom stereocenters. The molecule has 5 nitrogen and oxygen atoms in total. The van der Waals surface area contributed by atoms with Crippen LogP contribution in [0.1, 0.15) is 45.4 Å². The number of carboxylic acid groups (broad SMARTS) is 1. The van der Waals surface area contributed by atoms with Crippen LogP contribution >= 0.6 is 0 Å². The number of ether oxygens (including phenoxy) is 1. The molecule has 0 radical (unpaired) electrons. The summed E-state index contributed by atoms with van der Waals surface area (Å²) in [5, 5.41) is 11.2. The van der Waals surface area contributed by atoms with Crippen molar-refractivity contribution in [3.63, 3.8) is 0 Å². The predicted molar refractivity (Wildman–Crippen MR) is 71.8 cm³/mol. The average Bonchev–Trinajstić information content (AvgIpc) is 2.87. The van der Waals surface area contributed by atoms with E-state index in [-0.39, 0.29) is 25.0 Å². The van der Waals surface area contributed by atoms with E-state index in [9.17, 15) is 9.59 Å². The van der Waals surface area contributed by atoms with Crippen molar-refractivity contribution >= 4 is 11.9 Å². The molecule has 2 N–H and O–H groups in total. The SMILES string of the molecule is CCC(CC1CCCC1)C(=O)NCCOCC(=O)O.